The molecule has 1 atom stereocenters. The highest BCUT2D eigenvalue weighted by Gasteiger charge is 2.37. The zero-order valence-corrected chi connectivity index (χ0v) is 22.0. The van der Waals surface area contributed by atoms with Crippen LogP contribution in [0.4, 0.5) is 4.79 Å². The highest BCUT2D eigenvalue weighted by molar-refractivity contribution is 6.89. The van der Waals surface area contributed by atoms with Gasteiger partial charge in [0.25, 0.3) is 0 Å². The number of carbonyl (C=O) groups excluding carboxylic acids is 2. The van der Waals surface area contributed by atoms with E-state index in [0.29, 0.717) is 6.42 Å². The summed E-state index contributed by atoms with van der Waals surface area (Å²) in [4.78, 5) is 26.6. The number of hydrogen-bond acceptors (Lipinski definition) is 3. The van der Waals surface area contributed by atoms with Crippen molar-refractivity contribution in [3.05, 3.63) is 101 Å². The summed E-state index contributed by atoms with van der Waals surface area (Å²) in [6.07, 6.45) is 2.58. The van der Waals surface area contributed by atoms with Crippen molar-refractivity contribution in [2.75, 3.05) is 6.61 Å². The van der Waals surface area contributed by atoms with Gasteiger partial charge < -0.3 is 4.74 Å². The molecule has 0 aromatic heterocycles. The van der Waals surface area contributed by atoms with Crippen molar-refractivity contribution in [1.82, 2.24) is 4.90 Å². The van der Waals surface area contributed by atoms with E-state index in [2.05, 4.69) is 68.5 Å². The molecule has 0 bridgehead atoms. The van der Waals surface area contributed by atoms with Gasteiger partial charge in [-0.05, 0) is 36.5 Å². The molecule has 35 heavy (non-hydrogen) atoms. The fourth-order valence-electron chi connectivity index (χ4n) is 4.77. The van der Waals surface area contributed by atoms with E-state index < -0.39 is 14.2 Å². The molecule has 0 spiro atoms. The van der Waals surface area contributed by atoms with E-state index in [9.17, 15) is 9.59 Å². The van der Waals surface area contributed by atoms with Crippen LogP contribution >= 0.6 is 0 Å². The summed E-state index contributed by atoms with van der Waals surface area (Å²) in [5.74, 6) is -0.198. The Labute approximate surface area is 209 Å². The average molecular weight is 486 g/mol. The van der Waals surface area contributed by atoms with Gasteiger partial charge in [0.2, 0.25) is 5.91 Å². The van der Waals surface area contributed by atoms with Crippen LogP contribution in [0.5, 0.6) is 0 Å². The van der Waals surface area contributed by atoms with Crippen LogP contribution in [0.3, 0.4) is 0 Å². The lowest BCUT2D eigenvalue weighted by Crippen LogP contribution is -2.42. The molecular formula is C30H35NO3Si. The van der Waals surface area contributed by atoms with Crippen LogP contribution in [0.25, 0.3) is 0 Å². The lowest BCUT2D eigenvalue weighted by atomic mass is 10.0. The summed E-state index contributed by atoms with van der Waals surface area (Å²) < 4.78 is 5.22. The monoisotopic (exact) mass is 485 g/mol. The fourth-order valence-corrected chi connectivity index (χ4v) is 7.19. The van der Waals surface area contributed by atoms with Gasteiger partial charge in [-0.1, -0.05) is 115 Å². The van der Waals surface area contributed by atoms with Gasteiger partial charge in [-0.2, -0.15) is 0 Å². The number of nitrogens with zero attached hydrogens (tertiary/aromatic N) is 1. The van der Waals surface area contributed by atoms with E-state index in [1.807, 2.05) is 30.3 Å². The molecule has 1 aliphatic rings. The van der Waals surface area contributed by atoms with Crippen molar-refractivity contribution in [1.29, 1.82) is 0 Å². The molecule has 2 amide bonds. The number of hydrogen-bond donors (Lipinski definition) is 0. The van der Waals surface area contributed by atoms with E-state index in [4.69, 9.17) is 4.74 Å². The fraction of sp³-hybridized carbons (Fsp3) is 0.333. The standard InChI is InChI=1S/C30H35NO3Si/c1-23-11-13-24(14-12-23)10-7-19-35(2,3)28-17-15-26(16-18-28)21-29(32)31-27(22-34-30(31)33)20-25-8-5-4-6-9-25/h4-6,8-9,11-18,27H,7,10,19-22H2,1-3H3. The van der Waals surface area contributed by atoms with Gasteiger partial charge in [0.1, 0.15) is 6.61 Å². The Kier molecular flexibility index (Phi) is 7.86. The maximum atomic E-state index is 13.0. The van der Waals surface area contributed by atoms with Gasteiger partial charge in [0.15, 0.2) is 0 Å². The van der Waals surface area contributed by atoms with Crippen molar-refractivity contribution in [2.24, 2.45) is 0 Å². The second-order valence-electron chi connectivity index (χ2n) is 10.3. The normalized spacial score (nSPS) is 15.8. The molecule has 5 heteroatoms. The summed E-state index contributed by atoms with van der Waals surface area (Å²) in [6.45, 7) is 7.20. The topological polar surface area (TPSA) is 46.6 Å². The molecule has 4 nitrogen and oxygen atoms in total. The lowest BCUT2D eigenvalue weighted by molar-refractivity contribution is -0.128. The van der Waals surface area contributed by atoms with Crippen molar-refractivity contribution in [3.63, 3.8) is 0 Å². The summed E-state index contributed by atoms with van der Waals surface area (Å²) in [5, 5.41) is 1.40. The van der Waals surface area contributed by atoms with E-state index in [0.717, 1.165) is 17.5 Å². The predicted molar refractivity (Wildman–Crippen MR) is 144 cm³/mol. The number of carbonyl (C=O) groups is 2. The number of imide groups is 1. The summed E-state index contributed by atoms with van der Waals surface area (Å²) >= 11 is 0. The molecule has 0 aliphatic carbocycles. The Hall–Kier alpha value is -3.18. The molecule has 1 aliphatic heterocycles. The second-order valence-corrected chi connectivity index (χ2v) is 15.1. The van der Waals surface area contributed by atoms with Gasteiger partial charge in [-0.25, -0.2) is 9.69 Å². The minimum atomic E-state index is -1.57. The third-order valence-corrected chi connectivity index (χ3v) is 10.5. The Bertz CT molecular complexity index is 1140. The molecule has 0 radical (unpaired) electrons. The van der Waals surface area contributed by atoms with Gasteiger partial charge in [0, 0.05) is 0 Å². The lowest BCUT2D eigenvalue weighted by Gasteiger charge is -2.23. The zero-order chi connectivity index (χ0) is 24.8. The van der Waals surface area contributed by atoms with Crippen molar-refractivity contribution < 1.29 is 14.3 Å². The van der Waals surface area contributed by atoms with Crippen LogP contribution in [-0.2, 0) is 28.8 Å². The summed E-state index contributed by atoms with van der Waals surface area (Å²) in [5.41, 5.74) is 4.73. The first-order valence-corrected chi connectivity index (χ1v) is 15.7. The van der Waals surface area contributed by atoms with Gasteiger partial charge in [0.05, 0.1) is 20.5 Å². The minimum Gasteiger partial charge on any atom is -0.447 e. The van der Waals surface area contributed by atoms with Crippen LogP contribution in [-0.4, -0.2) is 37.6 Å². The Morgan fingerprint density at radius 2 is 1.57 bits per heavy atom. The molecule has 0 saturated carbocycles. The molecular weight excluding hydrogens is 450 g/mol. The van der Waals surface area contributed by atoms with Crippen molar-refractivity contribution in [2.45, 2.75) is 57.8 Å². The first kappa shape index (κ1) is 24.9. The van der Waals surface area contributed by atoms with Crippen LogP contribution < -0.4 is 5.19 Å². The summed E-state index contributed by atoms with van der Waals surface area (Å²) in [6, 6.07) is 28.2. The number of aryl methyl sites for hydroxylation is 2. The van der Waals surface area contributed by atoms with E-state index in [1.54, 1.807) is 0 Å². The molecule has 0 N–H and O–H groups in total. The predicted octanol–water partition coefficient (Wildman–Crippen LogP) is 5.68. The molecule has 3 aromatic carbocycles. The second kappa shape index (κ2) is 11.0. The highest BCUT2D eigenvalue weighted by Crippen LogP contribution is 2.20. The Morgan fingerprint density at radius 1 is 0.914 bits per heavy atom. The number of cyclic esters (lactones) is 1. The third kappa shape index (κ3) is 6.49. The average Bonchev–Trinajstić information content (AvgIpc) is 3.21. The van der Waals surface area contributed by atoms with E-state index in [1.165, 1.54) is 33.7 Å². The van der Waals surface area contributed by atoms with Crippen LogP contribution in [0.1, 0.15) is 28.7 Å². The van der Waals surface area contributed by atoms with Gasteiger partial charge in [-0.15, -0.1) is 0 Å². The van der Waals surface area contributed by atoms with Crippen LogP contribution in [0, 0.1) is 6.92 Å². The summed E-state index contributed by atoms with van der Waals surface area (Å²) in [7, 11) is -1.57. The number of ether oxygens (including phenoxy) is 1. The van der Waals surface area contributed by atoms with Crippen LogP contribution in [0.15, 0.2) is 78.9 Å². The number of amides is 2. The largest absolute Gasteiger partial charge is 0.447 e. The van der Waals surface area contributed by atoms with Crippen LogP contribution in [0.2, 0.25) is 19.1 Å². The van der Waals surface area contributed by atoms with Gasteiger partial charge >= 0.3 is 6.09 Å². The maximum Gasteiger partial charge on any atom is 0.416 e. The minimum absolute atomic E-state index is 0.198. The van der Waals surface area contributed by atoms with Crippen molar-refractivity contribution in [3.8, 4) is 0 Å². The number of benzene rings is 3. The Balaban J connectivity index is 1.33. The highest BCUT2D eigenvalue weighted by atomic mass is 28.3. The molecule has 3 aromatic rings. The van der Waals surface area contributed by atoms with E-state index >= 15 is 0 Å². The molecule has 182 valence electrons. The zero-order valence-electron chi connectivity index (χ0n) is 21.0. The smallest absolute Gasteiger partial charge is 0.416 e. The molecule has 1 unspecified atom stereocenters. The first-order chi connectivity index (χ1) is 16.8. The molecule has 1 fully saturated rings. The Morgan fingerprint density at radius 3 is 2.26 bits per heavy atom. The van der Waals surface area contributed by atoms with Gasteiger partial charge in [-0.3, -0.25) is 4.79 Å². The first-order valence-electron chi connectivity index (χ1n) is 12.5. The quantitative estimate of drug-likeness (QED) is 0.367. The SMILES string of the molecule is Cc1ccc(CCC[Si](C)(C)c2ccc(CC(=O)N3C(=O)OCC3Cc3ccccc3)cc2)cc1. The third-order valence-electron chi connectivity index (χ3n) is 7.02. The molecule has 1 saturated heterocycles. The van der Waals surface area contributed by atoms with E-state index in [-0.39, 0.29) is 25.0 Å². The van der Waals surface area contributed by atoms with Crippen molar-refractivity contribution >= 4 is 25.3 Å². The molecule has 1 heterocycles. The number of rotatable bonds is 9. The molecule has 4 rings (SSSR count). The maximum absolute atomic E-state index is 13.0.